The van der Waals surface area contributed by atoms with Crippen molar-refractivity contribution in [2.75, 3.05) is 45.9 Å². The van der Waals surface area contributed by atoms with Crippen molar-refractivity contribution in [1.82, 2.24) is 14.4 Å². The molecular weight excluding hydrogens is 453 g/mol. The second-order valence-corrected chi connectivity index (χ2v) is 8.55. The molecule has 0 amide bonds. The van der Waals surface area contributed by atoms with E-state index in [2.05, 4.69) is 79.4 Å². The molecule has 0 spiro atoms. The van der Waals surface area contributed by atoms with Gasteiger partial charge in [-0.25, -0.2) is 0 Å². The highest BCUT2D eigenvalue weighted by atomic mass is 127. The first-order chi connectivity index (χ1) is 13.2. The largest absolute Gasteiger partial charge is 0.395 e. The highest BCUT2D eigenvalue weighted by Gasteiger charge is 2.20. The number of hydrogen-bond acceptors (Lipinski definition) is 4. The van der Waals surface area contributed by atoms with Crippen molar-refractivity contribution in [3.8, 4) is 0 Å². The Morgan fingerprint density at radius 3 is 2.37 bits per heavy atom. The fourth-order valence-corrected chi connectivity index (χ4v) is 4.62. The molecule has 0 radical (unpaired) electrons. The molecule has 144 valence electrons. The summed E-state index contributed by atoms with van der Waals surface area (Å²) >= 11 is 2.35. The van der Waals surface area contributed by atoms with Crippen LogP contribution in [-0.4, -0.2) is 76.6 Å². The molecule has 0 unspecified atom stereocenters. The van der Waals surface area contributed by atoms with E-state index in [0.717, 1.165) is 32.7 Å². The quantitative estimate of drug-likeness (QED) is 0.534. The number of rotatable bonds is 6. The van der Waals surface area contributed by atoms with Gasteiger partial charge in [-0.05, 0) is 46.9 Å². The summed E-state index contributed by atoms with van der Waals surface area (Å²) in [5.74, 6) is 0. The molecule has 2 aromatic carbocycles. The molecule has 1 saturated heterocycles. The molecule has 0 bridgehead atoms. The summed E-state index contributed by atoms with van der Waals surface area (Å²) in [6.45, 7) is 6.06. The van der Waals surface area contributed by atoms with E-state index in [1.54, 1.807) is 0 Å². The lowest BCUT2D eigenvalue weighted by molar-refractivity contribution is 0.0601. The monoisotopic (exact) mass is 479 g/mol. The molecule has 1 aromatic heterocycles. The van der Waals surface area contributed by atoms with Gasteiger partial charge in [0.2, 0.25) is 0 Å². The highest BCUT2D eigenvalue weighted by Crippen LogP contribution is 2.30. The summed E-state index contributed by atoms with van der Waals surface area (Å²) in [4.78, 5) is 4.60. The number of fused-ring (bicyclic) bond motifs is 3. The van der Waals surface area contributed by atoms with E-state index in [4.69, 9.17) is 5.11 Å². The molecule has 1 atom stereocenters. The number of piperazine rings is 1. The third kappa shape index (κ3) is 4.14. The smallest absolute Gasteiger partial charge is 0.0845 e. The Balaban J connectivity index is 1.51. The van der Waals surface area contributed by atoms with Crippen molar-refractivity contribution in [3.05, 3.63) is 46.0 Å². The van der Waals surface area contributed by atoms with Crippen LogP contribution in [0, 0.1) is 3.57 Å². The molecule has 1 aliphatic rings. The van der Waals surface area contributed by atoms with E-state index < -0.39 is 6.10 Å². The van der Waals surface area contributed by atoms with Crippen LogP contribution in [0.5, 0.6) is 0 Å². The van der Waals surface area contributed by atoms with E-state index in [0.29, 0.717) is 13.1 Å². The van der Waals surface area contributed by atoms with Gasteiger partial charge in [-0.3, -0.25) is 9.80 Å². The zero-order valence-electron chi connectivity index (χ0n) is 15.4. The molecule has 3 aromatic rings. The van der Waals surface area contributed by atoms with Crippen LogP contribution < -0.4 is 0 Å². The molecule has 27 heavy (non-hydrogen) atoms. The van der Waals surface area contributed by atoms with Crippen molar-refractivity contribution in [2.24, 2.45) is 0 Å². The number of para-hydroxylation sites is 1. The van der Waals surface area contributed by atoms with Crippen molar-refractivity contribution in [2.45, 2.75) is 12.6 Å². The molecule has 1 aliphatic heterocycles. The van der Waals surface area contributed by atoms with Gasteiger partial charge in [0.1, 0.15) is 0 Å². The first-order valence-electron chi connectivity index (χ1n) is 9.56. The van der Waals surface area contributed by atoms with Gasteiger partial charge in [0.25, 0.3) is 0 Å². The number of β-amino-alcohol motifs (C(OH)–C–C–N with tert-alkyl or cyclic N) is 2. The van der Waals surface area contributed by atoms with Crippen molar-refractivity contribution in [3.63, 3.8) is 0 Å². The van der Waals surface area contributed by atoms with E-state index in [9.17, 15) is 5.11 Å². The lowest BCUT2D eigenvalue weighted by atomic mass is 10.2. The van der Waals surface area contributed by atoms with Crippen LogP contribution in [0.3, 0.4) is 0 Å². The van der Waals surface area contributed by atoms with E-state index in [-0.39, 0.29) is 6.61 Å². The van der Waals surface area contributed by atoms with Crippen molar-refractivity contribution >= 4 is 44.4 Å². The van der Waals surface area contributed by atoms with Crippen molar-refractivity contribution < 1.29 is 10.2 Å². The maximum atomic E-state index is 10.8. The van der Waals surface area contributed by atoms with Crippen LogP contribution in [-0.2, 0) is 6.54 Å². The Kier molecular flexibility index (Phi) is 5.99. The molecule has 0 saturated carbocycles. The fourth-order valence-electron chi connectivity index (χ4n) is 4.13. The SMILES string of the molecule is OCCN1CCN(C[C@@H](O)Cn2c3ccccc3c3cc(I)ccc32)CC1. The minimum atomic E-state index is -0.410. The van der Waals surface area contributed by atoms with Gasteiger partial charge in [0.05, 0.1) is 19.3 Å². The minimum absolute atomic E-state index is 0.218. The van der Waals surface area contributed by atoms with Gasteiger partial charge in [0.15, 0.2) is 0 Å². The maximum Gasteiger partial charge on any atom is 0.0845 e. The first kappa shape index (κ1) is 19.1. The lowest BCUT2D eigenvalue weighted by Gasteiger charge is -2.35. The summed E-state index contributed by atoms with van der Waals surface area (Å²) in [7, 11) is 0. The molecule has 0 aliphatic carbocycles. The van der Waals surface area contributed by atoms with Gasteiger partial charge < -0.3 is 14.8 Å². The number of aromatic nitrogens is 1. The van der Waals surface area contributed by atoms with Crippen LogP contribution in [0.2, 0.25) is 0 Å². The predicted octanol–water partition coefficient (Wildman–Crippen LogP) is 2.37. The molecular formula is C21H26IN3O2. The Bertz CT molecular complexity index is 918. The van der Waals surface area contributed by atoms with E-state index in [1.165, 1.54) is 25.4 Å². The Hall–Kier alpha value is -1.19. The predicted molar refractivity (Wildman–Crippen MR) is 118 cm³/mol. The second kappa shape index (κ2) is 8.45. The standard InChI is InChI=1S/C21H26IN3O2/c22-16-5-6-21-19(13-16)18-3-1-2-4-20(18)25(21)15-17(27)14-24-9-7-23(8-10-24)11-12-26/h1-6,13,17,26-27H,7-12,14-15H2/t17-/m1/s1. The molecule has 5 nitrogen and oxygen atoms in total. The van der Waals surface area contributed by atoms with Crippen LogP contribution >= 0.6 is 22.6 Å². The zero-order valence-corrected chi connectivity index (χ0v) is 17.5. The molecule has 4 rings (SSSR count). The molecule has 2 N–H and O–H groups in total. The summed E-state index contributed by atoms with van der Waals surface area (Å²) in [5, 5.41) is 22.4. The molecule has 1 fully saturated rings. The van der Waals surface area contributed by atoms with Gasteiger partial charge >= 0.3 is 0 Å². The number of aliphatic hydroxyl groups is 2. The number of benzene rings is 2. The lowest BCUT2D eigenvalue weighted by Crippen LogP contribution is -2.49. The number of halogens is 1. The maximum absolute atomic E-state index is 10.8. The summed E-state index contributed by atoms with van der Waals surface area (Å²) in [6.07, 6.45) is -0.410. The summed E-state index contributed by atoms with van der Waals surface area (Å²) in [6, 6.07) is 15.0. The summed E-state index contributed by atoms with van der Waals surface area (Å²) < 4.78 is 3.48. The Morgan fingerprint density at radius 2 is 1.59 bits per heavy atom. The van der Waals surface area contributed by atoms with Crippen LogP contribution in [0.25, 0.3) is 21.8 Å². The average Bonchev–Trinajstić information content (AvgIpc) is 2.97. The zero-order chi connectivity index (χ0) is 18.8. The third-order valence-electron chi connectivity index (χ3n) is 5.48. The van der Waals surface area contributed by atoms with Crippen molar-refractivity contribution in [1.29, 1.82) is 0 Å². The van der Waals surface area contributed by atoms with E-state index in [1.807, 2.05) is 0 Å². The number of aliphatic hydroxyl groups excluding tert-OH is 2. The van der Waals surface area contributed by atoms with Gasteiger partial charge in [0, 0.05) is 64.6 Å². The number of nitrogens with zero attached hydrogens (tertiary/aromatic N) is 3. The van der Waals surface area contributed by atoms with Crippen LogP contribution in [0.15, 0.2) is 42.5 Å². The fraction of sp³-hybridized carbons (Fsp3) is 0.429. The molecule has 6 heteroatoms. The normalized spacial score (nSPS) is 17.7. The van der Waals surface area contributed by atoms with Gasteiger partial charge in [-0.1, -0.05) is 18.2 Å². The minimum Gasteiger partial charge on any atom is -0.395 e. The van der Waals surface area contributed by atoms with Crippen LogP contribution in [0.4, 0.5) is 0 Å². The average molecular weight is 479 g/mol. The van der Waals surface area contributed by atoms with E-state index >= 15 is 0 Å². The summed E-state index contributed by atoms with van der Waals surface area (Å²) in [5.41, 5.74) is 2.37. The van der Waals surface area contributed by atoms with Gasteiger partial charge in [-0.15, -0.1) is 0 Å². The first-order valence-corrected chi connectivity index (χ1v) is 10.6. The molecule has 2 heterocycles. The Labute approximate surface area is 173 Å². The van der Waals surface area contributed by atoms with Gasteiger partial charge in [-0.2, -0.15) is 0 Å². The highest BCUT2D eigenvalue weighted by molar-refractivity contribution is 14.1. The Morgan fingerprint density at radius 1 is 0.889 bits per heavy atom. The third-order valence-corrected chi connectivity index (χ3v) is 6.15. The van der Waals surface area contributed by atoms with Crippen LogP contribution in [0.1, 0.15) is 0 Å². The number of hydrogen-bond donors (Lipinski definition) is 2. The topological polar surface area (TPSA) is 51.9 Å². The second-order valence-electron chi connectivity index (χ2n) is 7.31.